The van der Waals surface area contributed by atoms with E-state index < -0.39 is 0 Å². The van der Waals surface area contributed by atoms with Crippen molar-refractivity contribution < 1.29 is 9.21 Å². The number of fused-ring (bicyclic) bond motifs is 3. The molecule has 1 amide bonds. The van der Waals surface area contributed by atoms with Crippen LogP contribution in [0.4, 0.5) is 0 Å². The highest BCUT2D eigenvalue weighted by Gasteiger charge is 2.22. The zero-order chi connectivity index (χ0) is 18.4. The number of furan rings is 1. The molecule has 0 aromatic carbocycles. The van der Waals surface area contributed by atoms with Crippen LogP contribution in [0.1, 0.15) is 29.2 Å². The molecule has 5 heterocycles. The molecule has 27 heavy (non-hydrogen) atoms. The molecule has 4 aromatic heterocycles. The second kappa shape index (κ2) is 6.12. The number of pyridine rings is 1. The molecular weight excluding hydrogens is 344 g/mol. The highest BCUT2D eigenvalue weighted by molar-refractivity contribution is 5.91. The Kier molecular flexibility index (Phi) is 3.60. The number of carbonyl (C=O) groups excluding carboxylic acids is 1. The smallest absolute Gasteiger partial charge is 0.289 e. The fourth-order valence-corrected chi connectivity index (χ4v) is 3.74. The summed E-state index contributed by atoms with van der Waals surface area (Å²) in [5.41, 5.74) is 1.86. The fraction of sp³-hybridized carbons (Fsp3) is 0.250. The van der Waals surface area contributed by atoms with Gasteiger partial charge in [-0.3, -0.25) is 14.2 Å². The van der Waals surface area contributed by atoms with Gasteiger partial charge in [0.1, 0.15) is 11.3 Å². The number of aromatic nitrogens is 3. The maximum Gasteiger partial charge on any atom is 0.289 e. The summed E-state index contributed by atoms with van der Waals surface area (Å²) < 4.78 is 9.20. The topological polar surface area (TPSA) is 72.8 Å². The summed E-state index contributed by atoms with van der Waals surface area (Å²) in [4.78, 5) is 31.6. The van der Waals surface area contributed by atoms with E-state index in [0.29, 0.717) is 22.7 Å². The van der Waals surface area contributed by atoms with E-state index in [0.717, 1.165) is 31.4 Å². The van der Waals surface area contributed by atoms with Crippen LogP contribution in [0.15, 0.2) is 58.0 Å². The lowest BCUT2D eigenvalue weighted by Gasteiger charge is -2.13. The summed E-state index contributed by atoms with van der Waals surface area (Å²) in [5.74, 6) is 0.791. The maximum atomic E-state index is 12.9. The van der Waals surface area contributed by atoms with Crippen LogP contribution in [-0.2, 0) is 6.54 Å². The van der Waals surface area contributed by atoms with Crippen LogP contribution in [0.5, 0.6) is 0 Å². The predicted molar refractivity (Wildman–Crippen MR) is 99.9 cm³/mol. The van der Waals surface area contributed by atoms with Gasteiger partial charge in [-0.05, 0) is 49.2 Å². The van der Waals surface area contributed by atoms with Crippen molar-refractivity contribution in [1.29, 1.82) is 0 Å². The number of carbonyl (C=O) groups is 1. The van der Waals surface area contributed by atoms with Crippen LogP contribution < -0.4 is 5.56 Å². The Morgan fingerprint density at radius 3 is 2.74 bits per heavy atom. The fourth-order valence-electron chi connectivity index (χ4n) is 3.74. The van der Waals surface area contributed by atoms with Gasteiger partial charge in [-0.2, -0.15) is 0 Å². The first-order chi connectivity index (χ1) is 13.2. The van der Waals surface area contributed by atoms with Crippen molar-refractivity contribution >= 4 is 22.6 Å². The molecule has 5 rings (SSSR count). The average molecular weight is 362 g/mol. The third-order valence-corrected chi connectivity index (χ3v) is 5.07. The third kappa shape index (κ3) is 2.54. The van der Waals surface area contributed by atoms with E-state index in [9.17, 15) is 9.59 Å². The summed E-state index contributed by atoms with van der Waals surface area (Å²) in [6.07, 6.45) is 5.58. The first-order valence-electron chi connectivity index (χ1n) is 9.05. The molecule has 136 valence electrons. The van der Waals surface area contributed by atoms with Gasteiger partial charge >= 0.3 is 0 Å². The van der Waals surface area contributed by atoms with E-state index in [1.54, 1.807) is 33.9 Å². The molecule has 0 unspecified atom stereocenters. The first kappa shape index (κ1) is 15.9. The van der Waals surface area contributed by atoms with Crippen LogP contribution in [0.25, 0.3) is 16.7 Å². The normalized spacial score (nSPS) is 14.4. The molecule has 4 aromatic rings. The minimum absolute atomic E-state index is 0.0869. The van der Waals surface area contributed by atoms with Crippen molar-refractivity contribution in [3.63, 3.8) is 0 Å². The monoisotopic (exact) mass is 362 g/mol. The van der Waals surface area contributed by atoms with Crippen LogP contribution in [0.3, 0.4) is 0 Å². The summed E-state index contributed by atoms with van der Waals surface area (Å²) in [7, 11) is 0. The van der Waals surface area contributed by atoms with Crippen molar-refractivity contribution in [2.75, 3.05) is 13.1 Å². The van der Waals surface area contributed by atoms with Crippen molar-refractivity contribution in [1.82, 2.24) is 18.9 Å². The number of hydrogen-bond acceptors (Lipinski definition) is 4. The molecule has 1 saturated heterocycles. The molecule has 1 fully saturated rings. The number of hydrogen-bond donors (Lipinski definition) is 0. The van der Waals surface area contributed by atoms with Crippen molar-refractivity contribution in [3.8, 4) is 0 Å². The Hall–Kier alpha value is -3.35. The molecule has 7 nitrogen and oxygen atoms in total. The zero-order valence-corrected chi connectivity index (χ0v) is 14.7. The maximum absolute atomic E-state index is 12.9. The Bertz CT molecular complexity index is 1210. The number of rotatable bonds is 3. The van der Waals surface area contributed by atoms with Crippen LogP contribution in [-0.4, -0.2) is 37.8 Å². The number of amides is 1. The Morgan fingerprint density at radius 2 is 1.89 bits per heavy atom. The average Bonchev–Trinajstić information content (AvgIpc) is 3.46. The van der Waals surface area contributed by atoms with E-state index in [-0.39, 0.29) is 18.0 Å². The van der Waals surface area contributed by atoms with Crippen LogP contribution in [0.2, 0.25) is 0 Å². The van der Waals surface area contributed by atoms with Gasteiger partial charge in [-0.25, -0.2) is 4.98 Å². The minimum atomic E-state index is -0.144. The quantitative estimate of drug-likeness (QED) is 0.561. The summed E-state index contributed by atoms with van der Waals surface area (Å²) >= 11 is 0. The molecule has 0 bridgehead atoms. The van der Waals surface area contributed by atoms with Gasteiger partial charge in [0.25, 0.3) is 11.5 Å². The van der Waals surface area contributed by atoms with Crippen molar-refractivity contribution in [2.45, 2.75) is 19.4 Å². The Morgan fingerprint density at radius 1 is 1.07 bits per heavy atom. The molecule has 0 saturated carbocycles. The van der Waals surface area contributed by atoms with Gasteiger partial charge in [0, 0.05) is 25.5 Å². The summed E-state index contributed by atoms with van der Waals surface area (Å²) in [6, 6.07) is 10.8. The van der Waals surface area contributed by atoms with Gasteiger partial charge in [-0.15, -0.1) is 0 Å². The highest BCUT2D eigenvalue weighted by atomic mass is 16.4. The second-order valence-corrected chi connectivity index (χ2v) is 6.77. The van der Waals surface area contributed by atoms with E-state index in [1.165, 1.54) is 0 Å². The Balaban J connectivity index is 1.56. The predicted octanol–water partition coefficient (Wildman–Crippen LogP) is 2.53. The van der Waals surface area contributed by atoms with Crippen molar-refractivity contribution in [2.24, 2.45) is 0 Å². The van der Waals surface area contributed by atoms with E-state index in [2.05, 4.69) is 4.98 Å². The lowest BCUT2D eigenvalue weighted by atomic mass is 10.3. The van der Waals surface area contributed by atoms with E-state index in [4.69, 9.17) is 4.42 Å². The van der Waals surface area contributed by atoms with Gasteiger partial charge in [0.05, 0.1) is 12.1 Å². The molecule has 1 aliphatic rings. The number of nitrogens with zero attached hydrogens (tertiary/aromatic N) is 4. The lowest BCUT2D eigenvalue weighted by molar-refractivity contribution is 0.0759. The molecule has 0 radical (unpaired) electrons. The SMILES string of the molecule is O=C(c1ccc(Cn2c(=O)c3cccn3c3cccnc32)o1)N1CCCC1. The standard InChI is InChI=1S/C20H18N4O3/c25-19-16-6-4-12-23(16)15-5-3-9-21-18(15)24(19)13-14-7-8-17(27-14)20(26)22-10-1-2-11-22/h3-9,12H,1-2,10-11,13H2. The summed E-state index contributed by atoms with van der Waals surface area (Å²) in [6.45, 7) is 1.77. The molecule has 1 aliphatic heterocycles. The van der Waals surface area contributed by atoms with E-state index >= 15 is 0 Å². The molecule has 0 atom stereocenters. The third-order valence-electron chi connectivity index (χ3n) is 5.07. The van der Waals surface area contributed by atoms with Crippen LogP contribution >= 0.6 is 0 Å². The summed E-state index contributed by atoms with van der Waals surface area (Å²) in [5, 5.41) is 0. The molecule has 0 aliphatic carbocycles. The van der Waals surface area contributed by atoms with E-state index in [1.807, 2.05) is 28.8 Å². The largest absolute Gasteiger partial charge is 0.454 e. The van der Waals surface area contributed by atoms with Gasteiger partial charge in [-0.1, -0.05) is 0 Å². The highest BCUT2D eigenvalue weighted by Crippen LogP contribution is 2.18. The zero-order valence-electron chi connectivity index (χ0n) is 14.7. The first-order valence-corrected chi connectivity index (χ1v) is 9.05. The molecular formula is C20H18N4O3. The van der Waals surface area contributed by atoms with Gasteiger partial charge in [0.15, 0.2) is 11.4 Å². The van der Waals surface area contributed by atoms with Crippen molar-refractivity contribution in [3.05, 3.63) is 70.7 Å². The van der Waals surface area contributed by atoms with Crippen LogP contribution in [0, 0.1) is 0 Å². The van der Waals surface area contributed by atoms with Gasteiger partial charge < -0.3 is 13.7 Å². The van der Waals surface area contributed by atoms with Gasteiger partial charge in [0.2, 0.25) is 0 Å². The Labute approximate surface area is 154 Å². The molecule has 0 N–H and O–H groups in total. The second-order valence-electron chi connectivity index (χ2n) is 6.77. The lowest BCUT2D eigenvalue weighted by Crippen LogP contribution is -2.27. The molecule has 7 heteroatoms. The minimum Gasteiger partial charge on any atom is -0.454 e. The molecule has 0 spiro atoms. The number of likely N-dealkylation sites (tertiary alicyclic amines) is 1.